The van der Waals surface area contributed by atoms with Crippen LogP contribution in [-0.4, -0.2) is 31.7 Å². The third-order valence-corrected chi connectivity index (χ3v) is 4.71. The van der Waals surface area contributed by atoms with Crippen molar-refractivity contribution in [2.45, 2.75) is 32.7 Å². The number of unbranched alkanes of at least 4 members (excludes halogenated alkanes) is 1. The number of nitrogens with one attached hydrogen (secondary N) is 1. The van der Waals surface area contributed by atoms with E-state index in [4.69, 9.17) is 4.74 Å². The minimum Gasteiger partial charge on any atom is -0.494 e. The number of anilines is 1. The third-order valence-electron chi connectivity index (χ3n) is 4.71. The second-order valence-corrected chi connectivity index (χ2v) is 7.30. The van der Waals surface area contributed by atoms with Gasteiger partial charge in [0.25, 0.3) is 0 Å². The molecule has 0 aliphatic heterocycles. The number of benzene rings is 1. The lowest BCUT2D eigenvalue weighted by molar-refractivity contribution is -0.116. The highest BCUT2D eigenvalue weighted by Crippen LogP contribution is 2.13. The first-order valence-electron chi connectivity index (χ1n) is 10.1. The van der Waals surface area contributed by atoms with E-state index in [1.54, 1.807) is 10.9 Å². The van der Waals surface area contributed by atoms with E-state index in [1.807, 2.05) is 72.4 Å². The Morgan fingerprint density at radius 1 is 1.13 bits per heavy atom. The van der Waals surface area contributed by atoms with Gasteiger partial charge in [0.05, 0.1) is 30.7 Å². The number of ether oxygens (including phenoxy) is 1. The molecular formula is C23H25N5O2. The second kappa shape index (κ2) is 9.26. The predicted octanol–water partition coefficient (Wildman–Crippen LogP) is 4.08. The smallest absolute Gasteiger partial charge is 0.224 e. The Hall–Kier alpha value is -3.61. The maximum atomic E-state index is 12.2. The normalized spacial score (nSPS) is 11.0. The van der Waals surface area contributed by atoms with E-state index < -0.39 is 0 Å². The monoisotopic (exact) mass is 403 g/mol. The average Bonchev–Trinajstić information content (AvgIpc) is 3.34. The topological polar surface area (TPSA) is 73.5 Å². The van der Waals surface area contributed by atoms with Gasteiger partial charge in [-0.3, -0.25) is 9.48 Å². The molecule has 0 radical (unpaired) electrons. The fourth-order valence-corrected chi connectivity index (χ4v) is 3.25. The number of fused-ring (bicyclic) bond motifs is 1. The maximum Gasteiger partial charge on any atom is 0.224 e. The van der Waals surface area contributed by atoms with Crippen LogP contribution in [-0.2, 0) is 11.3 Å². The van der Waals surface area contributed by atoms with Crippen LogP contribution in [0.3, 0.4) is 0 Å². The summed E-state index contributed by atoms with van der Waals surface area (Å²) in [6.07, 6.45) is 9.48. The highest BCUT2D eigenvalue weighted by Gasteiger charge is 2.07. The lowest BCUT2D eigenvalue weighted by atomic mass is 10.2. The van der Waals surface area contributed by atoms with Crippen LogP contribution in [0, 0.1) is 6.92 Å². The summed E-state index contributed by atoms with van der Waals surface area (Å²) < 4.78 is 9.46. The van der Waals surface area contributed by atoms with Gasteiger partial charge < -0.3 is 14.5 Å². The Bertz CT molecular complexity index is 1100. The summed E-state index contributed by atoms with van der Waals surface area (Å²) in [6, 6.07) is 13.9. The zero-order valence-corrected chi connectivity index (χ0v) is 17.0. The van der Waals surface area contributed by atoms with Crippen LogP contribution in [0.25, 0.3) is 5.65 Å². The first-order chi connectivity index (χ1) is 14.7. The zero-order valence-electron chi connectivity index (χ0n) is 17.0. The summed E-state index contributed by atoms with van der Waals surface area (Å²) in [7, 11) is 0. The molecule has 0 unspecified atom stereocenters. The van der Waals surface area contributed by atoms with Crippen molar-refractivity contribution in [3.8, 4) is 5.75 Å². The van der Waals surface area contributed by atoms with E-state index >= 15 is 0 Å². The molecule has 0 fully saturated rings. The molecule has 0 aliphatic carbocycles. The first kappa shape index (κ1) is 19.7. The Morgan fingerprint density at radius 2 is 2.07 bits per heavy atom. The zero-order chi connectivity index (χ0) is 20.8. The van der Waals surface area contributed by atoms with Crippen LogP contribution in [0.5, 0.6) is 5.75 Å². The van der Waals surface area contributed by atoms with Crippen molar-refractivity contribution >= 4 is 17.2 Å². The van der Waals surface area contributed by atoms with Crippen LogP contribution in [0.2, 0.25) is 0 Å². The molecule has 1 amide bonds. The molecule has 1 N–H and O–H groups in total. The van der Waals surface area contributed by atoms with E-state index in [2.05, 4.69) is 15.4 Å². The number of aromatic nitrogens is 4. The lowest BCUT2D eigenvalue weighted by Crippen LogP contribution is -2.11. The Morgan fingerprint density at radius 3 is 2.93 bits per heavy atom. The molecular weight excluding hydrogens is 378 g/mol. The largest absolute Gasteiger partial charge is 0.494 e. The van der Waals surface area contributed by atoms with Crippen molar-refractivity contribution in [2.24, 2.45) is 0 Å². The number of carbonyl (C=O) groups excluding carboxylic acids is 1. The number of carbonyl (C=O) groups is 1. The predicted molar refractivity (Wildman–Crippen MR) is 116 cm³/mol. The van der Waals surface area contributed by atoms with Crippen LogP contribution in [0.4, 0.5) is 5.69 Å². The lowest BCUT2D eigenvalue weighted by Gasteiger charge is -2.06. The SMILES string of the molecule is Cc1cccc(OCCCCC(=O)Nc2cnn(Cc3cn4ccccc4n3)c2)c1. The second-order valence-electron chi connectivity index (χ2n) is 7.30. The fourth-order valence-electron chi connectivity index (χ4n) is 3.25. The van der Waals surface area contributed by atoms with Gasteiger partial charge in [-0.25, -0.2) is 4.98 Å². The molecule has 0 bridgehead atoms. The number of pyridine rings is 1. The number of aryl methyl sites for hydroxylation is 1. The molecule has 7 nitrogen and oxygen atoms in total. The van der Waals surface area contributed by atoms with E-state index in [0.29, 0.717) is 25.3 Å². The minimum absolute atomic E-state index is 0.0159. The molecule has 0 saturated heterocycles. The molecule has 0 atom stereocenters. The van der Waals surface area contributed by atoms with Gasteiger partial charge in [0.2, 0.25) is 5.91 Å². The molecule has 7 heteroatoms. The van der Waals surface area contributed by atoms with Crippen molar-refractivity contribution in [1.82, 2.24) is 19.2 Å². The van der Waals surface area contributed by atoms with Crippen LogP contribution < -0.4 is 10.1 Å². The fraction of sp³-hybridized carbons (Fsp3) is 0.261. The number of rotatable bonds is 9. The van der Waals surface area contributed by atoms with Crippen molar-refractivity contribution in [3.63, 3.8) is 0 Å². The molecule has 154 valence electrons. The van der Waals surface area contributed by atoms with Crippen molar-refractivity contribution in [3.05, 3.63) is 78.5 Å². The van der Waals surface area contributed by atoms with Gasteiger partial charge in [-0.15, -0.1) is 0 Å². The van der Waals surface area contributed by atoms with Gasteiger partial charge in [0.15, 0.2) is 0 Å². The van der Waals surface area contributed by atoms with Gasteiger partial charge >= 0.3 is 0 Å². The number of amides is 1. The van der Waals surface area contributed by atoms with Gasteiger partial charge in [0.1, 0.15) is 11.4 Å². The van der Waals surface area contributed by atoms with Crippen molar-refractivity contribution in [1.29, 1.82) is 0 Å². The number of nitrogens with zero attached hydrogens (tertiary/aromatic N) is 4. The Labute approximate surface area is 175 Å². The first-order valence-corrected chi connectivity index (χ1v) is 10.1. The van der Waals surface area contributed by atoms with E-state index in [-0.39, 0.29) is 5.91 Å². The molecule has 30 heavy (non-hydrogen) atoms. The summed E-state index contributed by atoms with van der Waals surface area (Å²) in [6.45, 7) is 3.19. The van der Waals surface area contributed by atoms with Gasteiger partial charge in [0, 0.05) is 25.0 Å². The molecule has 4 rings (SSSR count). The summed E-state index contributed by atoms with van der Waals surface area (Å²) in [5.41, 5.74) is 3.68. The maximum absolute atomic E-state index is 12.2. The number of hydrogen-bond acceptors (Lipinski definition) is 4. The highest BCUT2D eigenvalue weighted by atomic mass is 16.5. The quantitative estimate of drug-likeness (QED) is 0.428. The van der Waals surface area contributed by atoms with Gasteiger partial charge in [-0.1, -0.05) is 18.2 Å². The number of imidazole rings is 1. The van der Waals surface area contributed by atoms with Crippen molar-refractivity contribution in [2.75, 3.05) is 11.9 Å². The van der Waals surface area contributed by atoms with E-state index in [9.17, 15) is 4.79 Å². The standard InChI is InChI=1S/C23H25N5O2/c1-18-7-6-8-21(13-18)30-12-5-3-10-23(29)26-19-14-24-28(16-19)17-20-15-27-11-4-2-9-22(27)25-20/h2,4,6-9,11,13-16H,3,5,10,12,17H2,1H3,(H,26,29). The molecule has 3 aromatic heterocycles. The summed E-state index contributed by atoms with van der Waals surface area (Å²) in [5.74, 6) is 0.857. The Kier molecular flexibility index (Phi) is 6.08. The van der Waals surface area contributed by atoms with Crippen LogP contribution in [0.1, 0.15) is 30.5 Å². The Balaban J connectivity index is 1.19. The molecule has 3 heterocycles. The molecule has 0 spiro atoms. The minimum atomic E-state index is -0.0159. The van der Waals surface area contributed by atoms with E-state index in [1.165, 1.54) is 5.56 Å². The van der Waals surface area contributed by atoms with Crippen molar-refractivity contribution < 1.29 is 9.53 Å². The average molecular weight is 403 g/mol. The molecule has 0 saturated carbocycles. The molecule has 0 aliphatic rings. The summed E-state index contributed by atoms with van der Waals surface area (Å²) in [5, 5.41) is 7.22. The van der Waals surface area contributed by atoms with Gasteiger partial charge in [-0.2, -0.15) is 5.10 Å². The van der Waals surface area contributed by atoms with Gasteiger partial charge in [-0.05, 0) is 49.6 Å². The van der Waals surface area contributed by atoms with Crippen LogP contribution in [0.15, 0.2) is 67.3 Å². The molecule has 4 aromatic rings. The van der Waals surface area contributed by atoms with E-state index in [0.717, 1.165) is 29.9 Å². The highest BCUT2D eigenvalue weighted by molar-refractivity contribution is 5.90. The number of hydrogen-bond donors (Lipinski definition) is 1. The molecule has 1 aromatic carbocycles. The van der Waals surface area contributed by atoms with Crippen LogP contribution >= 0.6 is 0 Å². The summed E-state index contributed by atoms with van der Waals surface area (Å²) in [4.78, 5) is 16.7. The summed E-state index contributed by atoms with van der Waals surface area (Å²) >= 11 is 0. The third kappa shape index (κ3) is 5.26.